The minimum atomic E-state index is -5.14. The molecule has 0 spiro atoms. The third kappa shape index (κ3) is 13.4. The molecule has 16 nitrogen and oxygen atoms in total. The summed E-state index contributed by atoms with van der Waals surface area (Å²) < 4.78 is 80.9. The van der Waals surface area contributed by atoms with Gasteiger partial charge in [0, 0.05) is 23.1 Å². The number of unbranched alkanes of at least 4 members (excludes halogenated alkanes) is 1. The van der Waals surface area contributed by atoms with Crippen LogP contribution in [0.2, 0.25) is 0 Å². The quantitative estimate of drug-likeness (QED) is 0.0233. The number of azo groups is 1. The molecule has 6 rings (SSSR count). The van der Waals surface area contributed by atoms with Gasteiger partial charge in [-0.3, -0.25) is 19.1 Å². The standard InChI is InChI=1S/C49H54N4O12S2.2Na/c1-8-48(4,5)31-16-21-40(38(26-31)49(6,7)9-2)64-23-13-12-22-50-47(57)37-28-41(35-14-10-11-15-36(35)45(37)55)65-33-19-17-32(18-20-33)52-53-44-42(67(61,62)63)25-30-24-34(66(58,59)60)27-39(51-29(3)54)43(30)46(44)56;;/h10-11,14-21,24-28,55-56H,8-9,12-13,22-23H2,1-7H3,(H,50,57)(H,51,54)(H,58,59,60)(H,61,62,63);;/q;2*+1/p-2. The Morgan fingerprint density at radius 1 is 0.768 bits per heavy atom. The molecule has 6 aromatic rings. The zero-order valence-electron chi connectivity index (χ0n) is 40.1. The molecule has 0 aliphatic carbocycles. The maximum Gasteiger partial charge on any atom is 1.00 e. The molecule has 0 atom stereocenters. The molecule has 0 amide bonds. The van der Waals surface area contributed by atoms with E-state index in [-0.39, 0.29) is 115 Å². The van der Waals surface area contributed by atoms with Crippen LogP contribution in [0.5, 0.6) is 28.7 Å². The van der Waals surface area contributed by atoms with E-state index in [0.717, 1.165) is 43.7 Å². The number of hydrogen-bond donors (Lipinski definition) is 4. The summed E-state index contributed by atoms with van der Waals surface area (Å²) >= 11 is 0. The molecule has 6 aromatic carbocycles. The van der Waals surface area contributed by atoms with Crippen molar-refractivity contribution in [3.63, 3.8) is 0 Å². The summed E-state index contributed by atoms with van der Waals surface area (Å²) in [5.74, 6) is -1.27. The molecule has 4 N–H and O–H groups in total. The summed E-state index contributed by atoms with van der Waals surface area (Å²) in [6.45, 7) is 15.0. The van der Waals surface area contributed by atoms with E-state index in [0.29, 0.717) is 24.8 Å². The Morgan fingerprint density at radius 2 is 1.42 bits per heavy atom. The van der Waals surface area contributed by atoms with Gasteiger partial charge >= 0.3 is 59.1 Å². The van der Waals surface area contributed by atoms with Crippen LogP contribution in [-0.4, -0.2) is 61.1 Å². The molecule has 0 heterocycles. The molecular formula is C49H52N4Na2O12S2. The van der Waals surface area contributed by atoms with Gasteiger partial charge in [-0.2, -0.15) is 21.9 Å². The second-order valence-electron chi connectivity index (χ2n) is 17.2. The Hall–Kier alpha value is -4.60. The number of rotatable bonds is 18. The molecule has 0 radical (unpaired) electrons. The molecule has 0 fully saturated rings. The second kappa shape index (κ2) is 23.1. The molecule has 0 aliphatic rings. The largest absolute Gasteiger partial charge is 1.00 e. The number of fused-ring (bicyclic) bond motifs is 2. The van der Waals surface area contributed by atoms with E-state index < -0.39 is 64.7 Å². The molecule has 0 bridgehead atoms. The van der Waals surface area contributed by atoms with Crippen LogP contribution >= 0.6 is 0 Å². The van der Waals surface area contributed by atoms with E-state index in [1.807, 2.05) is 0 Å². The van der Waals surface area contributed by atoms with Crippen LogP contribution in [0.15, 0.2) is 121 Å². The second-order valence-corrected chi connectivity index (χ2v) is 20.0. The molecule has 0 saturated carbocycles. The minimum absolute atomic E-state index is 0. The predicted octanol–water partition coefficient (Wildman–Crippen LogP) is 4.43. The third-order valence-corrected chi connectivity index (χ3v) is 13.5. The van der Waals surface area contributed by atoms with E-state index in [9.17, 15) is 46.4 Å². The van der Waals surface area contributed by atoms with Gasteiger partial charge < -0.3 is 29.9 Å². The number of hydrogen-bond acceptors (Lipinski definition) is 13. The van der Waals surface area contributed by atoms with Crippen LogP contribution in [0.4, 0.5) is 17.1 Å². The Kier molecular flexibility index (Phi) is 19.1. The molecule has 20 heteroatoms. The summed E-state index contributed by atoms with van der Waals surface area (Å²) in [7, 11) is -10.0. The molecule has 0 aromatic heterocycles. The van der Waals surface area contributed by atoms with Gasteiger partial charge in [-0.05, 0) is 120 Å². The maximum absolute atomic E-state index is 13.6. The summed E-state index contributed by atoms with van der Waals surface area (Å²) in [5, 5.41) is 55.8. The van der Waals surface area contributed by atoms with Gasteiger partial charge in [-0.15, -0.1) is 5.11 Å². The number of aromatic hydroxyl groups is 1. The third-order valence-electron chi connectivity index (χ3n) is 11.8. The fraction of sp³-hybridized carbons (Fsp3) is 0.306. The Labute approximate surface area is 446 Å². The number of aliphatic hydroxyl groups excluding tert-OH is 1. The predicted molar refractivity (Wildman–Crippen MR) is 254 cm³/mol. The van der Waals surface area contributed by atoms with Crippen molar-refractivity contribution in [2.75, 3.05) is 13.2 Å². The van der Waals surface area contributed by atoms with Gasteiger partial charge in [0.25, 0.3) is 20.2 Å². The normalized spacial score (nSPS) is 12.8. The van der Waals surface area contributed by atoms with Crippen molar-refractivity contribution in [2.24, 2.45) is 20.2 Å². The Bertz CT molecular complexity index is 3170. The zero-order valence-corrected chi connectivity index (χ0v) is 45.7. The van der Waals surface area contributed by atoms with Crippen molar-refractivity contribution in [3.05, 3.63) is 108 Å². The first-order valence-electron chi connectivity index (χ1n) is 21.4. The summed E-state index contributed by atoms with van der Waals surface area (Å²) in [6, 6.07) is 22.8. The van der Waals surface area contributed by atoms with Crippen molar-refractivity contribution in [1.82, 2.24) is 0 Å². The van der Waals surface area contributed by atoms with Crippen LogP contribution < -0.4 is 78.8 Å². The molecule has 0 unspecified atom stereocenters. The van der Waals surface area contributed by atoms with E-state index >= 15 is 0 Å². The van der Waals surface area contributed by atoms with E-state index in [4.69, 9.17) is 9.47 Å². The topological polar surface area (TPSA) is 263 Å². The van der Waals surface area contributed by atoms with E-state index in [2.05, 4.69) is 80.0 Å². The number of benzene rings is 6. The number of aliphatic imine (C=N–C) groups is 2. The van der Waals surface area contributed by atoms with Crippen LogP contribution in [0.3, 0.4) is 0 Å². The number of ether oxygens (including phenoxy) is 2. The molecule has 0 saturated heterocycles. The van der Waals surface area contributed by atoms with Gasteiger partial charge in [0.05, 0.1) is 28.3 Å². The Morgan fingerprint density at radius 3 is 2.03 bits per heavy atom. The van der Waals surface area contributed by atoms with Crippen LogP contribution in [0.25, 0.3) is 21.5 Å². The van der Waals surface area contributed by atoms with Crippen molar-refractivity contribution >= 4 is 70.6 Å². The zero-order chi connectivity index (χ0) is 49.1. The molecular weight excluding hydrogens is 947 g/mol. The number of aliphatic hydroxyl groups is 1. The minimum Gasteiger partial charge on any atom is -0.872 e. The van der Waals surface area contributed by atoms with Crippen LogP contribution in [-0.2, 0) is 31.1 Å². The number of phenolic OH excluding ortho intramolecular Hbond substituents is 1. The van der Waals surface area contributed by atoms with Crippen LogP contribution in [0.1, 0.15) is 90.8 Å². The monoisotopic (exact) mass is 998 g/mol. The first kappa shape index (κ1) is 57.0. The van der Waals surface area contributed by atoms with Gasteiger partial charge in [0.1, 0.15) is 27.8 Å². The van der Waals surface area contributed by atoms with Crippen molar-refractivity contribution in [2.45, 2.75) is 94.8 Å². The first-order chi connectivity index (χ1) is 31.4. The van der Waals surface area contributed by atoms with Crippen molar-refractivity contribution in [3.8, 4) is 28.7 Å². The van der Waals surface area contributed by atoms with E-state index in [1.165, 1.54) is 41.5 Å². The maximum atomic E-state index is 13.6. The summed E-state index contributed by atoms with van der Waals surface area (Å²) in [4.78, 5) is 6.28. The summed E-state index contributed by atoms with van der Waals surface area (Å²) in [6.07, 6.45) is 3.19. The number of nitrogens with zero attached hydrogens (tertiary/aromatic N) is 4. The van der Waals surface area contributed by atoms with Gasteiger partial charge in [-0.25, -0.2) is 0 Å². The van der Waals surface area contributed by atoms with Gasteiger partial charge in [-0.1, -0.05) is 83.7 Å². The fourth-order valence-electron chi connectivity index (χ4n) is 7.19. The van der Waals surface area contributed by atoms with Crippen LogP contribution in [0, 0.1) is 0 Å². The average molecular weight is 999 g/mol. The first-order valence-corrected chi connectivity index (χ1v) is 24.3. The van der Waals surface area contributed by atoms with Crippen molar-refractivity contribution < 1.29 is 115 Å². The molecule has 354 valence electrons. The van der Waals surface area contributed by atoms with Gasteiger partial charge in [0.15, 0.2) is 5.75 Å². The molecule has 0 aliphatic heterocycles. The Balaban J connectivity index is 0.00000518. The smallest absolute Gasteiger partial charge is 0.872 e. The SMILES string of the molecule is CCC(C)(C)c1ccc(OCCCCN=C(O)c2cc(Oc3ccc(N=Nc4c(S(=O)(=O)O)cc5cc(S(=O)(=O)O)cc(N=C(C)[O-])c5c4O)cc3)c3ccccc3c2[O-])c(C(C)(C)CC)c1.[Na+].[Na+]. The van der Waals surface area contributed by atoms with Crippen molar-refractivity contribution in [1.29, 1.82) is 0 Å². The average Bonchev–Trinajstić information content (AvgIpc) is 3.27. The van der Waals surface area contributed by atoms with Gasteiger partial charge in [0.2, 0.25) is 5.90 Å². The fourth-order valence-corrected chi connectivity index (χ4v) is 8.38. The number of phenols is 1. The summed E-state index contributed by atoms with van der Waals surface area (Å²) in [5.41, 5.74) is 1.25. The van der Waals surface area contributed by atoms with E-state index in [1.54, 1.807) is 24.3 Å². The molecule has 69 heavy (non-hydrogen) atoms.